The summed E-state index contributed by atoms with van der Waals surface area (Å²) in [7, 11) is 0. The molecule has 0 saturated heterocycles. The average Bonchev–Trinajstić information content (AvgIpc) is 2.56. The molecule has 0 radical (unpaired) electrons. The van der Waals surface area contributed by atoms with E-state index >= 15 is 0 Å². The quantitative estimate of drug-likeness (QED) is 0.899. The Hall–Kier alpha value is -1.19. The highest BCUT2D eigenvalue weighted by Crippen LogP contribution is 2.31. The Morgan fingerprint density at radius 1 is 1.29 bits per heavy atom. The largest absolute Gasteiger partial charge is 0.382 e. The van der Waals surface area contributed by atoms with Crippen molar-refractivity contribution in [3.63, 3.8) is 0 Å². The number of hydrogen-bond acceptors (Lipinski definition) is 2. The number of nitrogens with two attached hydrogens (primary N) is 1. The van der Waals surface area contributed by atoms with Gasteiger partial charge in [-0.05, 0) is 24.1 Å². The third-order valence-corrected chi connectivity index (χ3v) is 3.11. The van der Waals surface area contributed by atoms with Gasteiger partial charge < -0.3 is 5.73 Å². The molecule has 2 rings (SSSR count). The highest BCUT2D eigenvalue weighted by atomic mass is 35.5. The fourth-order valence-corrected chi connectivity index (χ4v) is 2.12. The Morgan fingerprint density at radius 3 is 2.53 bits per heavy atom. The van der Waals surface area contributed by atoms with Crippen LogP contribution in [0.5, 0.6) is 0 Å². The first-order valence-corrected chi connectivity index (χ1v) is 6.06. The van der Waals surface area contributed by atoms with E-state index in [0.717, 1.165) is 11.4 Å². The number of halogens is 2. The monoisotopic (exact) mass is 269 g/mol. The van der Waals surface area contributed by atoms with Gasteiger partial charge in [-0.2, -0.15) is 5.10 Å². The van der Waals surface area contributed by atoms with Crippen LogP contribution in [0.15, 0.2) is 24.3 Å². The molecule has 2 aromatic rings. The molecule has 0 fully saturated rings. The summed E-state index contributed by atoms with van der Waals surface area (Å²) in [6.07, 6.45) is 0. The molecule has 1 aromatic heterocycles. The maximum atomic E-state index is 6.16. The molecule has 0 amide bonds. The molecule has 0 aliphatic carbocycles. The van der Waals surface area contributed by atoms with Gasteiger partial charge in [0.1, 0.15) is 10.8 Å². The summed E-state index contributed by atoms with van der Waals surface area (Å²) in [5.41, 5.74) is 7.55. The molecular formula is C12H13Cl2N3. The molecule has 0 saturated carbocycles. The lowest BCUT2D eigenvalue weighted by molar-refractivity contribution is 0.771. The highest BCUT2D eigenvalue weighted by Gasteiger charge is 2.17. The molecule has 1 aromatic carbocycles. The van der Waals surface area contributed by atoms with Crippen molar-refractivity contribution in [1.82, 2.24) is 9.78 Å². The number of rotatable bonds is 2. The lowest BCUT2D eigenvalue weighted by Gasteiger charge is -2.04. The Bertz CT molecular complexity index is 547. The van der Waals surface area contributed by atoms with Crippen molar-refractivity contribution < 1.29 is 0 Å². The molecule has 5 heteroatoms. The lowest BCUT2D eigenvalue weighted by atomic mass is 10.1. The first-order chi connectivity index (χ1) is 8.00. The van der Waals surface area contributed by atoms with E-state index < -0.39 is 0 Å². The van der Waals surface area contributed by atoms with Crippen LogP contribution in [0.4, 0.5) is 5.82 Å². The van der Waals surface area contributed by atoms with Gasteiger partial charge in [0, 0.05) is 5.02 Å². The zero-order chi connectivity index (χ0) is 12.6. The van der Waals surface area contributed by atoms with Crippen LogP contribution in [0.1, 0.15) is 25.5 Å². The lowest BCUT2D eigenvalue weighted by Crippen LogP contribution is -2.02. The minimum atomic E-state index is 0.227. The van der Waals surface area contributed by atoms with Crippen molar-refractivity contribution in [2.24, 2.45) is 0 Å². The molecule has 1 heterocycles. The van der Waals surface area contributed by atoms with E-state index in [1.54, 1.807) is 16.8 Å². The van der Waals surface area contributed by atoms with Crippen molar-refractivity contribution >= 4 is 29.0 Å². The third kappa shape index (κ3) is 2.26. The predicted octanol–water partition coefficient (Wildman–Crippen LogP) is 3.88. The fourth-order valence-electron chi connectivity index (χ4n) is 1.60. The number of nitrogen functional groups attached to an aromatic ring is 1. The van der Waals surface area contributed by atoms with E-state index in [9.17, 15) is 0 Å². The van der Waals surface area contributed by atoms with Gasteiger partial charge in [-0.1, -0.05) is 43.1 Å². The summed E-state index contributed by atoms with van der Waals surface area (Å²) in [5.74, 6) is 0.669. The van der Waals surface area contributed by atoms with Gasteiger partial charge in [0.25, 0.3) is 0 Å². The van der Waals surface area contributed by atoms with Crippen LogP contribution in [-0.2, 0) is 0 Å². The summed E-state index contributed by atoms with van der Waals surface area (Å²) in [5, 5.41) is 5.57. The first kappa shape index (κ1) is 12.3. The number of aromatic nitrogens is 2. The number of hydrogen-bond donors (Lipinski definition) is 1. The van der Waals surface area contributed by atoms with Gasteiger partial charge in [0.2, 0.25) is 0 Å². The van der Waals surface area contributed by atoms with Gasteiger partial charge in [-0.15, -0.1) is 0 Å². The Morgan fingerprint density at radius 2 is 2.00 bits per heavy atom. The maximum absolute atomic E-state index is 6.16. The summed E-state index contributed by atoms with van der Waals surface area (Å²) in [6, 6.07) is 7.33. The fraction of sp³-hybridized carbons (Fsp3) is 0.250. The van der Waals surface area contributed by atoms with E-state index in [0.29, 0.717) is 15.9 Å². The second-order valence-corrected chi connectivity index (χ2v) is 4.95. The van der Waals surface area contributed by atoms with Crippen LogP contribution < -0.4 is 5.73 Å². The molecule has 0 atom stereocenters. The van der Waals surface area contributed by atoms with Crippen LogP contribution in [-0.4, -0.2) is 9.78 Å². The molecule has 0 unspecified atom stereocenters. The van der Waals surface area contributed by atoms with Crippen molar-refractivity contribution in [2.75, 3.05) is 5.73 Å². The van der Waals surface area contributed by atoms with E-state index in [2.05, 4.69) is 5.10 Å². The van der Waals surface area contributed by atoms with E-state index in [-0.39, 0.29) is 5.92 Å². The number of nitrogens with zero attached hydrogens (tertiary/aromatic N) is 2. The number of anilines is 1. The van der Waals surface area contributed by atoms with Crippen molar-refractivity contribution in [3.8, 4) is 5.69 Å². The summed E-state index contributed by atoms with van der Waals surface area (Å²) >= 11 is 12.1. The second kappa shape index (κ2) is 4.59. The Kier molecular flexibility index (Phi) is 3.31. The minimum Gasteiger partial charge on any atom is -0.382 e. The number of benzene rings is 1. The molecule has 90 valence electrons. The van der Waals surface area contributed by atoms with E-state index in [1.807, 2.05) is 26.0 Å². The summed E-state index contributed by atoms with van der Waals surface area (Å²) in [4.78, 5) is 0. The molecule has 0 aliphatic heterocycles. The molecule has 2 N–H and O–H groups in total. The normalized spacial score (nSPS) is 11.1. The highest BCUT2D eigenvalue weighted by molar-refractivity contribution is 6.33. The van der Waals surface area contributed by atoms with Crippen molar-refractivity contribution in [1.29, 1.82) is 0 Å². The Labute approximate surface area is 110 Å². The van der Waals surface area contributed by atoms with Gasteiger partial charge in [-0.3, -0.25) is 0 Å². The summed E-state index contributed by atoms with van der Waals surface area (Å²) < 4.78 is 1.61. The smallest absolute Gasteiger partial charge is 0.146 e. The van der Waals surface area contributed by atoms with Crippen molar-refractivity contribution in [3.05, 3.63) is 40.0 Å². The SMILES string of the molecule is CC(C)c1nn(-c2cccc(Cl)c2)c(N)c1Cl. The molecule has 17 heavy (non-hydrogen) atoms. The Balaban J connectivity index is 2.57. The molecule has 3 nitrogen and oxygen atoms in total. The zero-order valence-corrected chi connectivity index (χ0v) is 11.1. The van der Waals surface area contributed by atoms with Crippen molar-refractivity contribution in [2.45, 2.75) is 19.8 Å². The minimum absolute atomic E-state index is 0.227. The van der Waals surface area contributed by atoms with Gasteiger partial charge in [0.05, 0.1) is 11.4 Å². The molecule has 0 aliphatic rings. The van der Waals surface area contributed by atoms with Gasteiger partial charge >= 0.3 is 0 Å². The van der Waals surface area contributed by atoms with Crippen LogP contribution >= 0.6 is 23.2 Å². The average molecular weight is 270 g/mol. The topological polar surface area (TPSA) is 43.8 Å². The molecule has 0 spiro atoms. The van der Waals surface area contributed by atoms with Crippen LogP contribution in [0.3, 0.4) is 0 Å². The molecular weight excluding hydrogens is 257 g/mol. The second-order valence-electron chi connectivity index (χ2n) is 4.13. The standard InChI is InChI=1S/C12H13Cl2N3/c1-7(2)11-10(14)12(15)17(16-11)9-5-3-4-8(13)6-9/h3-7H,15H2,1-2H3. The van der Waals surface area contributed by atoms with Crippen LogP contribution in [0.25, 0.3) is 5.69 Å². The maximum Gasteiger partial charge on any atom is 0.146 e. The van der Waals surface area contributed by atoms with E-state index in [4.69, 9.17) is 28.9 Å². The summed E-state index contributed by atoms with van der Waals surface area (Å²) in [6.45, 7) is 4.05. The van der Waals surface area contributed by atoms with E-state index in [1.165, 1.54) is 0 Å². The zero-order valence-electron chi connectivity index (χ0n) is 9.61. The third-order valence-electron chi connectivity index (χ3n) is 2.49. The van der Waals surface area contributed by atoms with Crippen LogP contribution in [0.2, 0.25) is 10.0 Å². The predicted molar refractivity (Wildman–Crippen MR) is 72.1 cm³/mol. The first-order valence-electron chi connectivity index (χ1n) is 5.30. The van der Waals surface area contributed by atoms with Gasteiger partial charge in [0.15, 0.2) is 0 Å². The van der Waals surface area contributed by atoms with Gasteiger partial charge in [-0.25, -0.2) is 4.68 Å². The molecule has 0 bridgehead atoms. The van der Waals surface area contributed by atoms with Crippen LogP contribution in [0, 0.1) is 0 Å².